The summed E-state index contributed by atoms with van der Waals surface area (Å²) < 4.78 is 0. The monoisotopic (exact) mass is 417 g/mol. The van der Waals surface area contributed by atoms with Gasteiger partial charge in [0.25, 0.3) is 0 Å². The predicted molar refractivity (Wildman–Crippen MR) is 123 cm³/mol. The first-order chi connectivity index (χ1) is 15.4. The smallest absolute Gasteiger partial charge is 0.187 e. The molecule has 0 aliphatic rings. The molecule has 0 saturated carbocycles. The number of allylic oxidation sites excluding steroid dienone is 2. The second-order valence-corrected chi connectivity index (χ2v) is 7.12. The van der Waals surface area contributed by atoms with E-state index in [1.165, 1.54) is 12.2 Å². The Balaban J connectivity index is 1.82. The summed E-state index contributed by atoms with van der Waals surface area (Å²) >= 11 is 0. The molecule has 0 aliphatic carbocycles. The van der Waals surface area contributed by atoms with Crippen LogP contribution in [0, 0.1) is 36.5 Å². The van der Waals surface area contributed by atoms with Crippen molar-refractivity contribution in [1.29, 1.82) is 10.5 Å². The molecule has 0 fully saturated rings. The topological polar surface area (TPSA) is 94.6 Å². The van der Waals surface area contributed by atoms with Crippen LogP contribution in [0.1, 0.15) is 54.4 Å². The molecule has 1 aromatic heterocycles. The van der Waals surface area contributed by atoms with Crippen LogP contribution in [-0.2, 0) is 0 Å². The highest BCUT2D eigenvalue weighted by Crippen LogP contribution is 2.17. The maximum Gasteiger partial charge on any atom is 0.187 e. The predicted octanol–water partition coefficient (Wildman–Crippen LogP) is 5.23. The quantitative estimate of drug-likeness (QED) is 0.404. The van der Waals surface area contributed by atoms with Gasteiger partial charge in [-0.3, -0.25) is 14.6 Å². The van der Waals surface area contributed by atoms with Crippen LogP contribution in [0.5, 0.6) is 0 Å². The van der Waals surface area contributed by atoms with Crippen molar-refractivity contribution in [2.24, 2.45) is 0 Å². The first-order valence-electron chi connectivity index (χ1n) is 9.84. The molecule has 1 heterocycles. The number of nitrogens with zero attached hydrogens (tertiary/aromatic N) is 3. The van der Waals surface area contributed by atoms with Gasteiger partial charge in [0.2, 0.25) is 0 Å². The van der Waals surface area contributed by atoms with Crippen molar-refractivity contribution in [2.75, 3.05) is 0 Å². The van der Waals surface area contributed by atoms with Crippen molar-refractivity contribution in [1.82, 2.24) is 4.98 Å². The number of hydrogen-bond acceptors (Lipinski definition) is 5. The van der Waals surface area contributed by atoms with E-state index in [4.69, 9.17) is 10.5 Å². The molecule has 0 radical (unpaired) electrons. The minimum absolute atomic E-state index is 0.260. The number of ketones is 2. The summed E-state index contributed by atoms with van der Waals surface area (Å²) in [5.41, 5.74) is 4.47. The summed E-state index contributed by atoms with van der Waals surface area (Å²) in [6.45, 7) is 3.47. The highest BCUT2D eigenvalue weighted by Gasteiger charge is 2.15. The molecule has 0 amide bonds. The third kappa shape index (κ3) is 5.30. The fourth-order valence-corrected chi connectivity index (χ4v) is 3.09. The molecular weight excluding hydrogens is 398 g/mol. The third-order valence-corrected chi connectivity index (χ3v) is 4.87. The number of benzene rings is 2. The van der Waals surface area contributed by atoms with Gasteiger partial charge >= 0.3 is 0 Å². The van der Waals surface area contributed by atoms with Gasteiger partial charge in [-0.15, -0.1) is 0 Å². The van der Waals surface area contributed by atoms with Crippen LogP contribution in [0.2, 0.25) is 0 Å². The Hall–Kier alpha value is -4.61. The van der Waals surface area contributed by atoms with Crippen molar-refractivity contribution < 1.29 is 9.59 Å². The zero-order valence-electron chi connectivity index (χ0n) is 17.7. The second kappa shape index (κ2) is 9.93. The second-order valence-electron chi connectivity index (χ2n) is 7.12. The van der Waals surface area contributed by atoms with E-state index in [9.17, 15) is 9.59 Å². The molecule has 0 spiro atoms. The minimum Gasteiger partial charge on any atom is -0.289 e. The van der Waals surface area contributed by atoms with E-state index in [2.05, 4.69) is 17.1 Å². The van der Waals surface area contributed by atoms with Gasteiger partial charge in [-0.1, -0.05) is 36.4 Å². The number of hydrogen-bond donors (Lipinski definition) is 0. The number of aryl methyl sites for hydroxylation is 2. The molecule has 0 atom stereocenters. The highest BCUT2D eigenvalue weighted by molar-refractivity contribution is 6.12. The first-order valence-corrected chi connectivity index (χ1v) is 9.84. The Morgan fingerprint density at radius 1 is 0.719 bits per heavy atom. The molecule has 32 heavy (non-hydrogen) atoms. The van der Waals surface area contributed by atoms with Crippen molar-refractivity contribution in [3.05, 3.63) is 112 Å². The lowest BCUT2D eigenvalue weighted by atomic mass is 10.0. The average molecular weight is 417 g/mol. The molecule has 0 bridgehead atoms. The van der Waals surface area contributed by atoms with Gasteiger partial charge in [-0.25, -0.2) is 0 Å². The number of pyridine rings is 1. The van der Waals surface area contributed by atoms with Crippen molar-refractivity contribution in [3.63, 3.8) is 0 Å². The molecular formula is C27H19N3O2. The summed E-state index contributed by atoms with van der Waals surface area (Å²) in [6, 6.07) is 19.4. The van der Waals surface area contributed by atoms with Gasteiger partial charge in [-0.05, 0) is 67.5 Å². The Kier molecular flexibility index (Phi) is 6.85. The number of carbonyl (C=O) groups is 2. The first kappa shape index (κ1) is 22.1. The van der Waals surface area contributed by atoms with Crippen molar-refractivity contribution in [3.8, 4) is 12.1 Å². The maximum atomic E-state index is 12.8. The van der Waals surface area contributed by atoms with E-state index >= 15 is 0 Å². The molecule has 0 N–H and O–H groups in total. The van der Waals surface area contributed by atoms with Crippen LogP contribution in [0.15, 0.2) is 66.7 Å². The molecule has 0 unspecified atom stereocenters. The molecule has 5 nitrogen and oxygen atoms in total. The fraction of sp³-hybridized carbons (Fsp3) is 0.0741. The minimum atomic E-state index is -0.260. The Morgan fingerprint density at radius 2 is 1.09 bits per heavy atom. The Labute approximate surface area is 186 Å². The summed E-state index contributed by atoms with van der Waals surface area (Å²) in [7, 11) is 0. The average Bonchev–Trinajstić information content (AvgIpc) is 2.81. The zero-order valence-corrected chi connectivity index (χ0v) is 17.7. The van der Waals surface area contributed by atoms with Gasteiger partial charge in [0.1, 0.15) is 0 Å². The lowest BCUT2D eigenvalue weighted by molar-refractivity contribution is 0.104. The molecule has 154 valence electrons. The van der Waals surface area contributed by atoms with Gasteiger partial charge in [0.15, 0.2) is 11.6 Å². The van der Waals surface area contributed by atoms with Crippen LogP contribution in [0.4, 0.5) is 0 Å². The van der Waals surface area contributed by atoms with Crippen LogP contribution < -0.4 is 0 Å². The third-order valence-electron chi connectivity index (χ3n) is 4.87. The highest BCUT2D eigenvalue weighted by atomic mass is 16.1. The van der Waals surface area contributed by atoms with Crippen LogP contribution in [0.3, 0.4) is 0 Å². The normalized spacial score (nSPS) is 10.8. The standard InChI is InChI=1S/C27H19N3O2/c1-18-24(26(31)13-11-20-3-7-22(16-28)8-4-20)15-25(19(2)30-18)27(32)14-12-21-5-9-23(17-29)10-6-21/h3-15H,1-2H3/b13-11+,14-12+. The van der Waals surface area contributed by atoms with Gasteiger partial charge < -0.3 is 0 Å². The zero-order chi connectivity index (χ0) is 23.1. The van der Waals surface area contributed by atoms with E-state index in [1.54, 1.807) is 80.6 Å². The lowest BCUT2D eigenvalue weighted by Gasteiger charge is -2.07. The lowest BCUT2D eigenvalue weighted by Crippen LogP contribution is -2.08. The van der Waals surface area contributed by atoms with E-state index in [0.717, 1.165) is 11.1 Å². The van der Waals surface area contributed by atoms with Crippen molar-refractivity contribution >= 4 is 23.7 Å². The van der Waals surface area contributed by atoms with Gasteiger partial charge in [0, 0.05) is 22.5 Å². The summed E-state index contributed by atoms with van der Waals surface area (Å²) in [5, 5.41) is 17.7. The molecule has 0 aliphatic heterocycles. The molecule has 3 aromatic rings. The molecule has 0 saturated heterocycles. The molecule has 2 aromatic carbocycles. The number of aromatic nitrogens is 1. The number of nitriles is 2. The summed E-state index contributed by atoms with van der Waals surface area (Å²) in [6.07, 6.45) is 6.19. The SMILES string of the molecule is Cc1nc(C)c(C(=O)/C=C/c2ccc(C#N)cc2)cc1C(=O)/C=C/c1ccc(C#N)cc1. The largest absolute Gasteiger partial charge is 0.289 e. The van der Waals surface area contributed by atoms with Crippen LogP contribution in [-0.4, -0.2) is 16.6 Å². The molecule has 5 heteroatoms. The Morgan fingerprint density at radius 3 is 1.44 bits per heavy atom. The van der Waals surface area contributed by atoms with E-state index in [0.29, 0.717) is 33.6 Å². The van der Waals surface area contributed by atoms with Crippen molar-refractivity contribution in [2.45, 2.75) is 13.8 Å². The van der Waals surface area contributed by atoms with Gasteiger partial charge in [0.05, 0.1) is 23.3 Å². The van der Waals surface area contributed by atoms with Gasteiger partial charge in [-0.2, -0.15) is 10.5 Å². The summed E-state index contributed by atoms with van der Waals surface area (Å²) in [4.78, 5) is 29.9. The maximum absolute atomic E-state index is 12.8. The Bertz CT molecular complexity index is 1220. The fourth-order valence-electron chi connectivity index (χ4n) is 3.09. The van der Waals surface area contributed by atoms with E-state index in [-0.39, 0.29) is 11.6 Å². The van der Waals surface area contributed by atoms with E-state index in [1.807, 2.05) is 0 Å². The van der Waals surface area contributed by atoms with Crippen LogP contribution >= 0.6 is 0 Å². The number of carbonyl (C=O) groups excluding carboxylic acids is 2. The van der Waals surface area contributed by atoms with E-state index < -0.39 is 0 Å². The summed E-state index contributed by atoms with van der Waals surface area (Å²) in [5.74, 6) is -0.519. The molecule has 3 rings (SSSR count). The number of rotatable bonds is 6. The van der Waals surface area contributed by atoms with Crippen LogP contribution in [0.25, 0.3) is 12.2 Å².